The zero-order valence-corrected chi connectivity index (χ0v) is 12.1. The second-order valence-electron chi connectivity index (χ2n) is 5.97. The molecule has 0 aliphatic carbocycles. The van der Waals surface area contributed by atoms with Crippen LogP contribution in [0.15, 0.2) is 12.5 Å². The van der Waals surface area contributed by atoms with Crippen molar-refractivity contribution in [2.45, 2.75) is 59.0 Å². The molecule has 2 heterocycles. The molecule has 3 heteroatoms. The molecule has 1 fully saturated rings. The van der Waals surface area contributed by atoms with E-state index in [9.17, 15) is 0 Å². The number of hydrogen-bond acceptors (Lipinski definition) is 2. The monoisotopic (exact) mass is 249 g/mol. The van der Waals surface area contributed by atoms with Crippen LogP contribution >= 0.6 is 0 Å². The minimum Gasteiger partial charge on any atom is -0.337 e. The maximum absolute atomic E-state index is 4.27. The number of aryl methyl sites for hydroxylation is 2. The summed E-state index contributed by atoms with van der Waals surface area (Å²) in [6, 6.07) is 0.722. The molecule has 0 bridgehead atoms. The number of imidazole rings is 1. The summed E-state index contributed by atoms with van der Waals surface area (Å²) in [5.74, 6) is 0.949. The molecule has 18 heavy (non-hydrogen) atoms. The Kier molecular flexibility index (Phi) is 4.81. The highest BCUT2D eigenvalue weighted by atomic mass is 15.1. The first-order chi connectivity index (χ1) is 8.65. The van der Waals surface area contributed by atoms with Gasteiger partial charge in [0.15, 0.2) is 0 Å². The Morgan fingerprint density at radius 3 is 2.61 bits per heavy atom. The molecule has 1 aromatic rings. The summed E-state index contributed by atoms with van der Waals surface area (Å²) >= 11 is 0. The molecule has 102 valence electrons. The fourth-order valence-corrected chi connectivity index (χ4v) is 2.91. The van der Waals surface area contributed by atoms with Gasteiger partial charge in [-0.05, 0) is 65.5 Å². The van der Waals surface area contributed by atoms with Crippen LogP contribution in [0.4, 0.5) is 0 Å². The average molecular weight is 249 g/mol. The lowest BCUT2D eigenvalue weighted by Crippen LogP contribution is -2.38. The molecule has 1 saturated heterocycles. The van der Waals surface area contributed by atoms with E-state index >= 15 is 0 Å². The van der Waals surface area contributed by atoms with Gasteiger partial charge in [-0.1, -0.05) is 0 Å². The zero-order valence-electron chi connectivity index (χ0n) is 12.1. The van der Waals surface area contributed by atoms with Gasteiger partial charge < -0.3 is 9.47 Å². The SMILES string of the molecule is Cc1cn(CCCC2CCN(C(C)C)CC2)cn1. The lowest BCUT2D eigenvalue weighted by Gasteiger charge is -2.34. The van der Waals surface area contributed by atoms with Crippen molar-refractivity contribution in [3.8, 4) is 0 Å². The third-order valence-electron chi connectivity index (χ3n) is 4.17. The van der Waals surface area contributed by atoms with E-state index in [4.69, 9.17) is 0 Å². The summed E-state index contributed by atoms with van der Waals surface area (Å²) in [6.07, 6.45) is 9.55. The van der Waals surface area contributed by atoms with Crippen LogP contribution in [0.25, 0.3) is 0 Å². The fourth-order valence-electron chi connectivity index (χ4n) is 2.91. The Labute approximate surface area is 111 Å². The van der Waals surface area contributed by atoms with E-state index < -0.39 is 0 Å². The fraction of sp³-hybridized carbons (Fsp3) is 0.800. The van der Waals surface area contributed by atoms with Crippen LogP contribution in [0.2, 0.25) is 0 Å². The Hall–Kier alpha value is -0.830. The smallest absolute Gasteiger partial charge is 0.0949 e. The Morgan fingerprint density at radius 2 is 2.06 bits per heavy atom. The minimum atomic E-state index is 0.722. The van der Waals surface area contributed by atoms with Gasteiger partial charge in [0.2, 0.25) is 0 Å². The van der Waals surface area contributed by atoms with E-state index in [1.165, 1.54) is 38.8 Å². The first kappa shape index (κ1) is 13.6. The molecule has 0 spiro atoms. The molecule has 0 atom stereocenters. The van der Waals surface area contributed by atoms with E-state index in [2.05, 4.69) is 41.4 Å². The third-order valence-corrected chi connectivity index (χ3v) is 4.17. The maximum Gasteiger partial charge on any atom is 0.0949 e. The maximum atomic E-state index is 4.27. The standard InChI is InChI=1S/C15H27N3/c1-13(2)18-9-6-15(7-10-18)5-4-8-17-11-14(3)16-12-17/h11-13,15H,4-10H2,1-3H3. The minimum absolute atomic E-state index is 0.722. The van der Waals surface area contributed by atoms with Crippen LogP contribution in [-0.4, -0.2) is 33.6 Å². The van der Waals surface area contributed by atoms with Crippen molar-refractivity contribution in [2.24, 2.45) is 5.92 Å². The Bertz CT molecular complexity index is 348. The lowest BCUT2D eigenvalue weighted by molar-refractivity contribution is 0.144. The molecule has 0 unspecified atom stereocenters. The largest absolute Gasteiger partial charge is 0.337 e. The lowest BCUT2D eigenvalue weighted by atomic mass is 9.91. The number of aromatic nitrogens is 2. The van der Waals surface area contributed by atoms with Gasteiger partial charge in [-0.15, -0.1) is 0 Å². The molecule has 0 amide bonds. The highest BCUT2D eigenvalue weighted by Gasteiger charge is 2.20. The molecule has 1 aliphatic rings. The van der Waals surface area contributed by atoms with Gasteiger partial charge in [-0.25, -0.2) is 4.98 Å². The number of rotatable bonds is 5. The number of nitrogens with zero attached hydrogens (tertiary/aromatic N) is 3. The summed E-state index contributed by atoms with van der Waals surface area (Å²) < 4.78 is 2.22. The molecule has 0 radical (unpaired) electrons. The van der Waals surface area contributed by atoms with E-state index in [1.807, 2.05) is 6.33 Å². The molecule has 0 aromatic carbocycles. The summed E-state index contributed by atoms with van der Waals surface area (Å²) in [6.45, 7) is 10.4. The molecule has 1 aliphatic heterocycles. The van der Waals surface area contributed by atoms with Gasteiger partial charge in [0.1, 0.15) is 0 Å². The summed E-state index contributed by atoms with van der Waals surface area (Å²) in [7, 11) is 0. The summed E-state index contributed by atoms with van der Waals surface area (Å²) in [5, 5.41) is 0. The third kappa shape index (κ3) is 3.84. The molecular weight excluding hydrogens is 222 g/mol. The number of hydrogen-bond donors (Lipinski definition) is 0. The molecule has 3 nitrogen and oxygen atoms in total. The highest BCUT2D eigenvalue weighted by molar-refractivity contribution is 4.91. The van der Waals surface area contributed by atoms with Crippen molar-refractivity contribution >= 4 is 0 Å². The van der Waals surface area contributed by atoms with Crippen LogP contribution in [-0.2, 0) is 6.54 Å². The van der Waals surface area contributed by atoms with Crippen LogP contribution in [0.3, 0.4) is 0 Å². The van der Waals surface area contributed by atoms with Crippen LogP contribution < -0.4 is 0 Å². The Balaban J connectivity index is 1.63. The van der Waals surface area contributed by atoms with Crippen molar-refractivity contribution in [1.82, 2.24) is 14.5 Å². The van der Waals surface area contributed by atoms with Gasteiger partial charge in [0, 0.05) is 18.8 Å². The molecule has 0 saturated carbocycles. The quantitative estimate of drug-likeness (QED) is 0.799. The first-order valence-corrected chi connectivity index (χ1v) is 7.37. The predicted molar refractivity (Wildman–Crippen MR) is 75.6 cm³/mol. The van der Waals surface area contributed by atoms with E-state index in [0.29, 0.717) is 0 Å². The van der Waals surface area contributed by atoms with E-state index in [1.54, 1.807) is 0 Å². The first-order valence-electron chi connectivity index (χ1n) is 7.37. The molecule has 0 N–H and O–H groups in total. The van der Waals surface area contributed by atoms with Gasteiger partial charge in [-0.2, -0.15) is 0 Å². The summed E-state index contributed by atoms with van der Waals surface area (Å²) in [4.78, 5) is 6.87. The van der Waals surface area contributed by atoms with Crippen molar-refractivity contribution in [3.63, 3.8) is 0 Å². The van der Waals surface area contributed by atoms with Gasteiger partial charge in [0.25, 0.3) is 0 Å². The number of piperidine rings is 1. The van der Waals surface area contributed by atoms with Crippen LogP contribution in [0.1, 0.15) is 45.2 Å². The highest BCUT2D eigenvalue weighted by Crippen LogP contribution is 2.23. The average Bonchev–Trinajstić information content (AvgIpc) is 2.76. The Morgan fingerprint density at radius 1 is 1.33 bits per heavy atom. The van der Waals surface area contributed by atoms with Gasteiger partial charge in [-0.3, -0.25) is 0 Å². The molecule has 2 rings (SSSR count). The van der Waals surface area contributed by atoms with Crippen LogP contribution in [0, 0.1) is 12.8 Å². The molecule has 1 aromatic heterocycles. The van der Waals surface area contributed by atoms with Gasteiger partial charge >= 0.3 is 0 Å². The topological polar surface area (TPSA) is 21.1 Å². The zero-order chi connectivity index (χ0) is 13.0. The van der Waals surface area contributed by atoms with E-state index in [0.717, 1.165) is 24.2 Å². The molecular formula is C15H27N3. The summed E-state index contributed by atoms with van der Waals surface area (Å²) in [5.41, 5.74) is 1.13. The van der Waals surface area contributed by atoms with Crippen molar-refractivity contribution in [2.75, 3.05) is 13.1 Å². The van der Waals surface area contributed by atoms with Gasteiger partial charge in [0.05, 0.1) is 12.0 Å². The predicted octanol–water partition coefficient (Wildman–Crippen LogP) is 3.09. The van der Waals surface area contributed by atoms with Crippen molar-refractivity contribution in [1.29, 1.82) is 0 Å². The number of likely N-dealkylation sites (tertiary alicyclic amines) is 1. The van der Waals surface area contributed by atoms with Crippen molar-refractivity contribution in [3.05, 3.63) is 18.2 Å². The van der Waals surface area contributed by atoms with E-state index in [-0.39, 0.29) is 0 Å². The second-order valence-corrected chi connectivity index (χ2v) is 5.97. The van der Waals surface area contributed by atoms with Crippen molar-refractivity contribution < 1.29 is 0 Å². The normalized spacial score (nSPS) is 18.7. The second kappa shape index (κ2) is 6.37. The van der Waals surface area contributed by atoms with Crippen LogP contribution in [0.5, 0.6) is 0 Å².